The van der Waals surface area contributed by atoms with E-state index < -0.39 is 0 Å². The highest BCUT2D eigenvalue weighted by molar-refractivity contribution is 5.44. The molecule has 0 saturated heterocycles. The van der Waals surface area contributed by atoms with E-state index in [0.717, 1.165) is 34.8 Å². The second kappa shape index (κ2) is 10.9. The van der Waals surface area contributed by atoms with Crippen LogP contribution in [0.2, 0.25) is 0 Å². The van der Waals surface area contributed by atoms with Gasteiger partial charge in [-0.05, 0) is 112 Å². The first kappa shape index (κ1) is 22.0. The quantitative estimate of drug-likeness (QED) is 0.342. The predicted molar refractivity (Wildman–Crippen MR) is 133 cm³/mol. The summed E-state index contributed by atoms with van der Waals surface area (Å²) in [6.07, 6.45) is 16.2. The minimum absolute atomic E-state index is 0.749. The van der Waals surface area contributed by atoms with Crippen molar-refractivity contribution in [3.63, 3.8) is 0 Å². The summed E-state index contributed by atoms with van der Waals surface area (Å²) in [5, 5.41) is 0. The Bertz CT molecular complexity index is 874. The van der Waals surface area contributed by atoms with E-state index >= 15 is 0 Å². The molecule has 2 aliphatic rings. The van der Waals surface area contributed by atoms with E-state index in [1.807, 2.05) is 0 Å². The van der Waals surface area contributed by atoms with Crippen LogP contribution in [0.1, 0.15) is 92.4 Å². The van der Waals surface area contributed by atoms with Crippen molar-refractivity contribution in [1.82, 2.24) is 0 Å². The Morgan fingerprint density at radius 2 is 1.26 bits per heavy atom. The number of hydrogen-bond donors (Lipinski definition) is 0. The van der Waals surface area contributed by atoms with Crippen molar-refractivity contribution in [2.24, 2.45) is 17.8 Å². The van der Waals surface area contributed by atoms with E-state index in [1.54, 1.807) is 0 Å². The van der Waals surface area contributed by atoms with Crippen molar-refractivity contribution in [2.75, 3.05) is 0 Å². The van der Waals surface area contributed by atoms with Gasteiger partial charge in [0.15, 0.2) is 0 Å². The van der Waals surface area contributed by atoms with Crippen LogP contribution in [0.3, 0.4) is 0 Å². The Kier molecular flexibility index (Phi) is 7.69. The Hall–Kier alpha value is -2.26. The van der Waals surface area contributed by atoms with Crippen molar-refractivity contribution in [3.8, 4) is 11.8 Å². The molecule has 31 heavy (non-hydrogen) atoms. The van der Waals surface area contributed by atoms with E-state index in [4.69, 9.17) is 0 Å². The fraction of sp³-hybridized carbons (Fsp3) is 0.484. The molecule has 2 aromatic carbocycles. The molecule has 2 fully saturated rings. The van der Waals surface area contributed by atoms with E-state index in [0.29, 0.717) is 0 Å². The molecule has 2 saturated carbocycles. The maximum atomic E-state index is 3.89. The van der Waals surface area contributed by atoms with E-state index in [1.165, 1.54) is 75.3 Å². The van der Waals surface area contributed by atoms with Gasteiger partial charge in [0, 0.05) is 11.1 Å². The fourth-order valence-electron chi connectivity index (χ4n) is 5.85. The summed E-state index contributed by atoms with van der Waals surface area (Å²) in [5.41, 5.74) is 5.00. The smallest absolute Gasteiger partial charge is 0.0249 e. The van der Waals surface area contributed by atoms with Crippen LogP contribution in [0.4, 0.5) is 0 Å². The van der Waals surface area contributed by atoms with Crippen LogP contribution < -0.4 is 0 Å². The molecule has 2 aromatic rings. The minimum Gasteiger partial charge on any atom is -0.103 e. The van der Waals surface area contributed by atoms with E-state index in [9.17, 15) is 0 Å². The first-order chi connectivity index (χ1) is 15.2. The molecule has 0 atom stereocenters. The average molecular weight is 411 g/mol. The largest absolute Gasteiger partial charge is 0.103 e. The minimum atomic E-state index is 0.749. The Morgan fingerprint density at radius 3 is 1.81 bits per heavy atom. The summed E-state index contributed by atoms with van der Waals surface area (Å²) >= 11 is 0. The molecular formula is C31H38. The summed E-state index contributed by atoms with van der Waals surface area (Å²) in [7, 11) is 0. The molecule has 0 spiro atoms. The van der Waals surface area contributed by atoms with Crippen molar-refractivity contribution in [2.45, 2.75) is 77.0 Å². The third-order valence-electron chi connectivity index (χ3n) is 7.89. The summed E-state index contributed by atoms with van der Waals surface area (Å²) in [4.78, 5) is 0. The lowest BCUT2D eigenvalue weighted by Crippen LogP contribution is -2.25. The SMILES string of the molecule is C=CCCC1CCC(C2CCC(c3ccc(C#Cc4ccc(C)cc4)cc3)CC2)CC1. The molecule has 0 aromatic heterocycles. The van der Waals surface area contributed by atoms with E-state index in [-0.39, 0.29) is 0 Å². The number of hydrogen-bond acceptors (Lipinski definition) is 0. The molecule has 0 aliphatic heterocycles. The maximum Gasteiger partial charge on any atom is 0.0249 e. The zero-order valence-corrected chi connectivity index (χ0v) is 19.3. The molecule has 2 aliphatic carbocycles. The maximum absolute atomic E-state index is 3.89. The molecule has 0 radical (unpaired) electrons. The first-order valence-corrected chi connectivity index (χ1v) is 12.5. The number of rotatable bonds is 5. The molecule has 0 amide bonds. The van der Waals surface area contributed by atoms with Gasteiger partial charge in [-0.3, -0.25) is 0 Å². The lowest BCUT2D eigenvalue weighted by molar-refractivity contribution is 0.157. The molecule has 0 unspecified atom stereocenters. The van der Waals surface area contributed by atoms with Gasteiger partial charge in [0.1, 0.15) is 0 Å². The predicted octanol–water partition coefficient (Wildman–Crippen LogP) is 8.44. The second-order valence-electron chi connectivity index (χ2n) is 10.00. The molecule has 0 bridgehead atoms. The van der Waals surface area contributed by atoms with Crippen molar-refractivity contribution in [3.05, 3.63) is 83.4 Å². The number of benzene rings is 2. The molecule has 162 valence electrons. The highest BCUT2D eigenvalue weighted by atomic mass is 14.4. The highest BCUT2D eigenvalue weighted by Gasteiger charge is 2.31. The zero-order chi connectivity index (χ0) is 21.5. The Morgan fingerprint density at radius 1 is 0.742 bits per heavy atom. The molecule has 0 heterocycles. The second-order valence-corrected chi connectivity index (χ2v) is 10.00. The highest BCUT2D eigenvalue weighted by Crippen LogP contribution is 2.44. The third-order valence-corrected chi connectivity index (χ3v) is 7.89. The van der Waals surface area contributed by atoms with Crippen LogP contribution in [-0.4, -0.2) is 0 Å². The summed E-state index contributed by atoms with van der Waals surface area (Å²) in [6, 6.07) is 17.5. The lowest BCUT2D eigenvalue weighted by Gasteiger charge is -2.38. The summed E-state index contributed by atoms with van der Waals surface area (Å²) in [5.74, 6) is 10.3. The van der Waals surface area contributed by atoms with Crippen LogP contribution in [0.5, 0.6) is 0 Å². The van der Waals surface area contributed by atoms with Crippen LogP contribution in [0.25, 0.3) is 0 Å². The number of allylic oxidation sites excluding steroid dienone is 1. The van der Waals surface area contributed by atoms with Gasteiger partial charge in [0.05, 0.1) is 0 Å². The topological polar surface area (TPSA) is 0 Å². The molecule has 0 nitrogen and oxygen atoms in total. The van der Waals surface area contributed by atoms with Gasteiger partial charge >= 0.3 is 0 Å². The standard InChI is InChI=1S/C31H38/c1-3-4-5-25-12-16-28(17-13-25)30-20-22-31(23-21-30)29-18-14-27(15-19-29)11-10-26-8-6-24(2)7-9-26/h3,6-9,14-15,18-19,25,28,30-31H,1,4-5,12-13,16-17,20-23H2,2H3. The van der Waals surface area contributed by atoms with Gasteiger partial charge in [0.25, 0.3) is 0 Å². The molecule has 4 rings (SSSR count). The lowest BCUT2D eigenvalue weighted by atomic mass is 9.68. The normalized spacial score (nSPS) is 26.0. The summed E-state index contributed by atoms with van der Waals surface area (Å²) < 4.78 is 0. The Labute approximate surface area is 190 Å². The zero-order valence-electron chi connectivity index (χ0n) is 19.3. The van der Waals surface area contributed by atoms with Gasteiger partial charge in [0.2, 0.25) is 0 Å². The molecule has 0 N–H and O–H groups in total. The average Bonchev–Trinajstić information content (AvgIpc) is 2.83. The van der Waals surface area contributed by atoms with Gasteiger partial charge in [-0.2, -0.15) is 0 Å². The molecular weight excluding hydrogens is 372 g/mol. The summed E-state index contributed by atoms with van der Waals surface area (Å²) in [6.45, 7) is 6.00. The molecule has 0 heteroatoms. The van der Waals surface area contributed by atoms with Crippen molar-refractivity contribution < 1.29 is 0 Å². The fourth-order valence-corrected chi connectivity index (χ4v) is 5.85. The van der Waals surface area contributed by atoms with Gasteiger partial charge < -0.3 is 0 Å². The van der Waals surface area contributed by atoms with Crippen LogP contribution in [-0.2, 0) is 0 Å². The third kappa shape index (κ3) is 6.13. The van der Waals surface area contributed by atoms with Gasteiger partial charge in [-0.25, -0.2) is 0 Å². The van der Waals surface area contributed by atoms with Crippen LogP contribution in [0.15, 0.2) is 61.2 Å². The first-order valence-electron chi connectivity index (χ1n) is 12.5. The number of aryl methyl sites for hydroxylation is 1. The van der Waals surface area contributed by atoms with E-state index in [2.05, 4.69) is 80.0 Å². The Balaban J connectivity index is 1.26. The van der Waals surface area contributed by atoms with Crippen molar-refractivity contribution >= 4 is 0 Å². The van der Waals surface area contributed by atoms with Gasteiger partial charge in [-0.1, -0.05) is 60.6 Å². The van der Waals surface area contributed by atoms with Crippen LogP contribution >= 0.6 is 0 Å². The van der Waals surface area contributed by atoms with Crippen molar-refractivity contribution in [1.29, 1.82) is 0 Å². The van der Waals surface area contributed by atoms with Crippen LogP contribution in [0, 0.1) is 36.5 Å². The monoisotopic (exact) mass is 410 g/mol. The van der Waals surface area contributed by atoms with Gasteiger partial charge in [-0.15, -0.1) is 6.58 Å².